The molecule has 0 aromatic carbocycles. The number of allylic oxidation sites excluding steroid dienone is 3. The van der Waals surface area contributed by atoms with Gasteiger partial charge >= 0.3 is 35.5 Å². The molecule has 0 radical (unpaired) electrons. The number of hydrogen-bond acceptors (Lipinski definition) is 6. The Balaban J connectivity index is 0.00000512. The Kier molecular flexibility index (Phi) is 11.7. The van der Waals surface area contributed by atoms with Crippen molar-refractivity contribution in [3.05, 3.63) is 23.8 Å². The second kappa shape index (κ2) is 12.7. The van der Waals surface area contributed by atoms with Gasteiger partial charge in [0.1, 0.15) is 6.10 Å². The maximum absolute atomic E-state index is 12.8. The van der Waals surface area contributed by atoms with Gasteiger partial charge in [-0.1, -0.05) is 39.0 Å². The molecule has 7 heteroatoms. The molecule has 0 aromatic heterocycles. The van der Waals surface area contributed by atoms with Crippen LogP contribution in [0.1, 0.15) is 73.1 Å². The van der Waals surface area contributed by atoms with E-state index in [1.54, 1.807) is 0 Å². The number of aliphatic hydroxyl groups excluding tert-OH is 2. The van der Waals surface area contributed by atoms with Crippen molar-refractivity contribution in [2.24, 2.45) is 29.1 Å². The van der Waals surface area contributed by atoms with E-state index in [9.17, 15) is 24.9 Å². The van der Waals surface area contributed by atoms with Crippen LogP contribution in [0.15, 0.2) is 23.8 Å². The maximum atomic E-state index is 12.8. The number of esters is 1. The fourth-order valence-electron chi connectivity index (χ4n) is 4.76. The molecule has 0 aromatic rings. The summed E-state index contributed by atoms with van der Waals surface area (Å²) in [5, 5.41) is 30.8. The van der Waals surface area contributed by atoms with Gasteiger partial charge in [0.25, 0.3) is 0 Å². The minimum absolute atomic E-state index is 0. The average molecular weight is 459 g/mol. The molecule has 0 unspecified atom stereocenters. The number of aliphatic hydroxyl groups is 2. The third-order valence-electron chi connectivity index (χ3n) is 7.07. The van der Waals surface area contributed by atoms with Gasteiger partial charge in [-0.15, -0.1) is 0 Å². The summed E-state index contributed by atoms with van der Waals surface area (Å²) in [7, 11) is 0. The van der Waals surface area contributed by atoms with Crippen molar-refractivity contribution in [1.82, 2.24) is 0 Å². The van der Waals surface area contributed by atoms with Gasteiger partial charge in [0.2, 0.25) is 0 Å². The van der Waals surface area contributed by atoms with Crippen LogP contribution in [0.25, 0.3) is 0 Å². The SMILES string of the molecule is CCC(C)(C)C(=O)O[C@H]1C[C@@H](C)C=C2C=C[C@H](C)[C@H](CC[C@@H](O)C[C@@H](O)CC(=O)[O-])[C@H]21.[Na+]. The van der Waals surface area contributed by atoms with Crippen LogP contribution in [-0.2, 0) is 14.3 Å². The van der Waals surface area contributed by atoms with E-state index in [4.69, 9.17) is 4.74 Å². The number of ether oxygens (including phenoxy) is 1. The molecule has 7 atom stereocenters. The number of carboxylic acid groups (broad SMARTS) is 1. The first-order valence-corrected chi connectivity index (χ1v) is 11.6. The zero-order chi connectivity index (χ0) is 23.3. The molecule has 2 aliphatic carbocycles. The fourth-order valence-corrected chi connectivity index (χ4v) is 4.76. The number of fused-ring (bicyclic) bond motifs is 1. The van der Waals surface area contributed by atoms with Crippen molar-refractivity contribution in [2.45, 2.75) is 91.5 Å². The molecule has 2 rings (SSSR count). The molecule has 6 nitrogen and oxygen atoms in total. The maximum Gasteiger partial charge on any atom is 1.00 e. The fraction of sp³-hybridized carbons (Fsp3) is 0.760. The van der Waals surface area contributed by atoms with Crippen molar-refractivity contribution in [3.8, 4) is 0 Å². The number of hydrogen-bond donors (Lipinski definition) is 2. The van der Waals surface area contributed by atoms with Gasteiger partial charge in [-0.3, -0.25) is 4.79 Å². The summed E-state index contributed by atoms with van der Waals surface area (Å²) in [6.45, 7) is 10.1. The van der Waals surface area contributed by atoms with Crippen LogP contribution in [0.4, 0.5) is 0 Å². The molecule has 0 bridgehead atoms. The Hall–Kier alpha value is -0.660. The van der Waals surface area contributed by atoms with Gasteiger partial charge in [0.05, 0.1) is 17.6 Å². The van der Waals surface area contributed by atoms with Gasteiger partial charge in [-0.25, -0.2) is 0 Å². The topological polar surface area (TPSA) is 107 Å². The number of rotatable bonds is 10. The van der Waals surface area contributed by atoms with E-state index in [1.807, 2.05) is 20.8 Å². The summed E-state index contributed by atoms with van der Waals surface area (Å²) in [6.07, 6.45) is 6.66. The van der Waals surface area contributed by atoms with E-state index in [1.165, 1.54) is 5.57 Å². The van der Waals surface area contributed by atoms with E-state index in [2.05, 4.69) is 32.1 Å². The predicted octanol–water partition coefficient (Wildman–Crippen LogP) is -0.225. The second-order valence-electron chi connectivity index (χ2n) is 10.2. The van der Waals surface area contributed by atoms with E-state index in [-0.39, 0.29) is 65.8 Å². The van der Waals surface area contributed by atoms with Crippen LogP contribution in [-0.4, -0.2) is 40.5 Å². The molecule has 0 aliphatic heterocycles. The summed E-state index contributed by atoms with van der Waals surface area (Å²) in [6, 6.07) is 0. The van der Waals surface area contributed by atoms with E-state index in [0.29, 0.717) is 25.2 Å². The minimum atomic E-state index is -1.32. The number of aliphatic carboxylic acids is 1. The molecule has 32 heavy (non-hydrogen) atoms. The Morgan fingerprint density at radius 2 is 1.91 bits per heavy atom. The van der Waals surface area contributed by atoms with Crippen LogP contribution >= 0.6 is 0 Å². The average Bonchev–Trinajstić information content (AvgIpc) is 2.66. The molecular formula is C25H39NaO6. The Morgan fingerprint density at radius 3 is 2.50 bits per heavy atom. The molecule has 0 spiro atoms. The monoisotopic (exact) mass is 458 g/mol. The van der Waals surface area contributed by atoms with Crippen molar-refractivity contribution in [2.75, 3.05) is 0 Å². The molecular weight excluding hydrogens is 419 g/mol. The number of carbonyl (C=O) groups excluding carboxylic acids is 2. The van der Waals surface area contributed by atoms with Crippen molar-refractivity contribution in [3.63, 3.8) is 0 Å². The minimum Gasteiger partial charge on any atom is -0.550 e. The molecule has 0 heterocycles. The first kappa shape index (κ1) is 29.4. The molecule has 2 aliphatic rings. The zero-order valence-corrected chi connectivity index (χ0v) is 22.5. The molecule has 2 N–H and O–H groups in total. The van der Waals surface area contributed by atoms with Crippen LogP contribution < -0.4 is 34.7 Å². The predicted molar refractivity (Wildman–Crippen MR) is 117 cm³/mol. The van der Waals surface area contributed by atoms with E-state index >= 15 is 0 Å². The van der Waals surface area contributed by atoms with E-state index < -0.39 is 30.0 Å². The molecule has 0 saturated heterocycles. The smallest absolute Gasteiger partial charge is 0.550 e. The van der Waals surface area contributed by atoms with Crippen molar-refractivity contribution < 1.29 is 59.2 Å². The zero-order valence-electron chi connectivity index (χ0n) is 20.5. The van der Waals surface area contributed by atoms with Gasteiger partial charge < -0.3 is 24.9 Å². The van der Waals surface area contributed by atoms with Crippen LogP contribution in [0.5, 0.6) is 0 Å². The third-order valence-corrected chi connectivity index (χ3v) is 7.07. The van der Waals surface area contributed by atoms with Gasteiger partial charge in [-0.2, -0.15) is 0 Å². The Morgan fingerprint density at radius 1 is 1.25 bits per heavy atom. The summed E-state index contributed by atoms with van der Waals surface area (Å²) < 4.78 is 6.09. The van der Waals surface area contributed by atoms with Crippen LogP contribution in [0.2, 0.25) is 0 Å². The molecule has 176 valence electrons. The molecule has 0 fully saturated rings. The number of carboxylic acids is 1. The van der Waals surface area contributed by atoms with Crippen molar-refractivity contribution >= 4 is 11.9 Å². The summed E-state index contributed by atoms with van der Waals surface area (Å²) in [4.78, 5) is 23.5. The number of carbonyl (C=O) groups is 2. The largest absolute Gasteiger partial charge is 1.00 e. The first-order valence-electron chi connectivity index (χ1n) is 11.6. The van der Waals surface area contributed by atoms with Gasteiger partial charge in [-0.05, 0) is 69.3 Å². The first-order chi connectivity index (χ1) is 14.4. The van der Waals surface area contributed by atoms with Crippen LogP contribution in [0, 0.1) is 29.1 Å². The standard InChI is InChI=1S/C25H40O6.Na/c1-6-25(4,5)24(30)31-21-12-15(2)11-17-8-7-16(3)20(23(17)21)10-9-18(26)13-19(27)14-22(28)29;/h7-8,11,15-16,18-21,23,26-27H,6,9-10,12-14H2,1-5H3,(H,28,29);/q;+1/p-1/t15-,16-,18+,19+,20-,21-,23-;/m0./s1. The van der Waals surface area contributed by atoms with E-state index in [0.717, 1.165) is 6.42 Å². The third kappa shape index (κ3) is 7.98. The second-order valence-corrected chi connectivity index (χ2v) is 10.2. The molecule has 0 amide bonds. The Labute approximate surface area is 214 Å². The van der Waals surface area contributed by atoms with Crippen LogP contribution in [0.3, 0.4) is 0 Å². The van der Waals surface area contributed by atoms with Crippen molar-refractivity contribution in [1.29, 1.82) is 0 Å². The molecule has 0 saturated carbocycles. The Bertz CT molecular complexity index is 701. The summed E-state index contributed by atoms with van der Waals surface area (Å²) >= 11 is 0. The normalized spacial score (nSPS) is 29.2. The summed E-state index contributed by atoms with van der Waals surface area (Å²) in [5.41, 5.74) is 0.669. The summed E-state index contributed by atoms with van der Waals surface area (Å²) in [5.74, 6) is -0.641. The quantitative estimate of drug-likeness (QED) is 0.346. The van der Waals surface area contributed by atoms with Gasteiger partial charge in [0.15, 0.2) is 0 Å². The van der Waals surface area contributed by atoms with Gasteiger partial charge in [0, 0.05) is 18.3 Å².